The van der Waals surface area contributed by atoms with E-state index in [1.54, 1.807) is 12.3 Å². The van der Waals surface area contributed by atoms with Gasteiger partial charge in [0.15, 0.2) is 0 Å². The number of carbonyl (C=O) groups is 2. The normalized spacial score (nSPS) is 10.2. The maximum Gasteiger partial charge on any atom is 0.325 e. The third kappa shape index (κ3) is 3.85. The molecule has 0 aliphatic heterocycles. The summed E-state index contributed by atoms with van der Waals surface area (Å²) in [7, 11) is 0. The van der Waals surface area contributed by atoms with E-state index in [1.165, 1.54) is 17.1 Å². The Morgan fingerprint density at radius 3 is 2.90 bits per heavy atom. The van der Waals surface area contributed by atoms with Crippen LogP contribution in [0.15, 0.2) is 29.1 Å². The Labute approximate surface area is 121 Å². The first kappa shape index (κ1) is 14.1. The SMILES string of the molecule is O=C(O)Cn1cc(CNC(=O)c2cncc(Br)c2)nn1. The number of nitrogens with zero attached hydrogens (tertiary/aromatic N) is 4. The molecule has 0 aromatic carbocycles. The summed E-state index contributed by atoms with van der Waals surface area (Å²) in [6.45, 7) is -0.110. The van der Waals surface area contributed by atoms with E-state index in [2.05, 4.69) is 36.5 Å². The highest BCUT2D eigenvalue weighted by Gasteiger charge is 2.08. The molecule has 8 nitrogen and oxygen atoms in total. The Kier molecular flexibility index (Phi) is 4.41. The molecule has 2 N–H and O–H groups in total. The quantitative estimate of drug-likeness (QED) is 0.818. The number of hydrogen-bond donors (Lipinski definition) is 2. The van der Waals surface area contributed by atoms with Gasteiger partial charge in [-0.25, -0.2) is 4.68 Å². The molecule has 0 radical (unpaired) electrons. The number of aromatic nitrogens is 4. The predicted molar refractivity (Wildman–Crippen MR) is 70.8 cm³/mol. The summed E-state index contributed by atoms with van der Waals surface area (Å²) in [4.78, 5) is 26.2. The Morgan fingerprint density at radius 2 is 2.20 bits per heavy atom. The number of carbonyl (C=O) groups excluding carboxylic acids is 1. The lowest BCUT2D eigenvalue weighted by atomic mass is 10.2. The fourth-order valence-electron chi connectivity index (χ4n) is 1.44. The summed E-state index contributed by atoms with van der Waals surface area (Å²) in [5.41, 5.74) is 0.889. The van der Waals surface area contributed by atoms with E-state index in [0.717, 1.165) is 0 Å². The van der Waals surface area contributed by atoms with Crippen molar-refractivity contribution in [3.05, 3.63) is 40.4 Å². The third-order valence-corrected chi connectivity index (χ3v) is 2.71. The molecule has 0 unspecified atom stereocenters. The minimum atomic E-state index is -1.01. The first-order valence-corrected chi connectivity index (χ1v) is 6.33. The van der Waals surface area contributed by atoms with Crippen molar-refractivity contribution in [3.63, 3.8) is 0 Å². The van der Waals surface area contributed by atoms with Gasteiger partial charge in [0.25, 0.3) is 5.91 Å². The second-order valence-electron chi connectivity index (χ2n) is 3.88. The van der Waals surface area contributed by atoms with Crippen LogP contribution in [0.1, 0.15) is 16.1 Å². The van der Waals surface area contributed by atoms with Crippen LogP contribution in [-0.4, -0.2) is 37.0 Å². The zero-order valence-electron chi connectivity index (χ0n) is 10.2. The van der Waals surface area contributed by atoms with E-state index in [0.29, 0.717) is 15.7 Å². The Hall–Kier alpha value is -2.29. The number of aliphatic carboxylic acids is 1. The van der Waals surface area contributed by atoms with Gasteiger partial charge in [0.2, 0.25) is 0 Å². The van der Waals surface area contributed by atoms with Crippen molar-refractivity contribution in [2.75, 3.05) is 0 Å². The van der Waals surface area contributed by atoms with Gasteiger partial charge in [0.1, 0.15) is 12.2 Å². The van der Waals surface area contributed by atoms with Crippen molar-refractivity contribution in [1.29, 1.82) is 0 Å². The highest BCUT2D eigenvalue weighted by molar-refractivity contribution is 9.10. The molecular weight excluding hydrogens is 330 g/mol. The third-order valence-electron chi connectivity index (χ3n) is 2.28. The number of halogens is 1. The smallest absolute Gasteiger partial charge is 0.325 e. The molecule has 2 aromatic heterocycles. The topological polar surface area (TPSA) is 110 Å². The van der Waals surface area contributed by atoms with E-state index >= 15 is 0 Å². The molecule has 0 saturated heterocycles. The number of nitrogens with one attached hydrogen (secondary N) is 1. The highest BCUT2D eigenvalue weighted by atomic mass is 79.9. The van der Waals surface area contributed by atoms with Gasteiger partial charge in [0, 0.05) is 16.9 Å². The molecule has 2 rings (SSSR count). The van der Waals surface area contributed by atoms with Crippen molar-refractivity contribution in [2.45, 2.75) is 13.1 Å². The molecule has 0 bridgehead atoms. The largest absolute Gasteiger partial charge is 0.480 e. The molecule has 2 aromatic rings. The second kappa shape index (κ2) is 6.24. The molecule has 9 heteroatoms. The molecule has 0 aliphatic carbocycles. The fourth-order valence-corrected chi connectivity index (χ4v) is 1.81. The molecule has 20 heavy (non-hydrogen) atoms. The van der Waals surface area contributed by atoms with Crippen molar-refractivity contribution in [3.8, 4) is 0 Å². The van der Waals surface area contributed by atoms with Crippen LogP contribution in [0, 0.1) is 0 Å². The van der Waals surface area contributed by atoms with E-state index in [9.17, 15) is 9.59 Å². The lowest BCUT2D eigenvalue weighted by molar-refractivity contribution is -0.137. The van der Waals surface area contributed by atoms with Crippen LogP contribution in [-0.2, 0) is 17.9 Å². The van der Waals surface area contributed by atoms with Gasteiger partial charge < -0.3 is 10.4 Å². The van der Waals surface area contributed by atoms with Crippen LogP contribution in [0.25, 0.3) is 0 Å². The zero-order chi connectivity index (χ0) is 14.5. The van der Waals surface area contributed by atoms with E-state index < -0.39 is 5.97 Å². The van der Waals surface area contributed by atoms with E-state index in [1.807, 2.05) is 0 Å². The van der Waals surface area contributed by atoms with Gasteiger partial charge in [-0.2, -0.15) is 0 Å². The Balaban J connectivity index is 1.93. The van der Waals surface area contributed by atoms with Gasteiger partial charge in [-0.15, -0.1) is 5.10 Å². The molecule has 104 valence electrons. The fraction of sp³-hybridized carbons (Fsp3) is 0.182. The standard InChI is InChI=1S/C11H10BrN5O3/c12-8-1-7(2-13-3-8)11(20)14-4-9-5-17(16-15-9)6-10(18)19/h1-3,5H,4,6H2,(H,14,20)(H,18,19). The number of carboxylic acid groups (broad SMARTS) is 1. The lowest BCUT2D eigenvalue weighted by Gasteiger charge is -2.02. The average Bonchev–Trinajstić information content (AvgIpc) is 2.82. The number of amides is 1. The molecule has 0 saturated carbocycles. The molecule has 2 heterocycles. The molecule has 0 fully saturated rings. The first-order chi connectivity index (χ1) is 9.54. The van der Waals surface area contributed by atoms with Crippen LogP contribution in [0.3, 0.4) is 0 Å². The van der Waals surface area contributed by atoms with E-state index in [4.69, 9.17) is 5.11 Å². The van der Waals surface area contributed by atoms with Crippen LogP contribution in [0.2, 0.25) is 0 Å². The van der Waals surface area contributed by atoms with E-state index in [-0.39, 0.29) is 19.0 Å². The van der Waals surface area contributed by atoms with Gasteiger partial charge >= 0.3 is 5.97 Å². The van der Waals surface area contributed by atoms with Gasteiger partial charge in [-0.1, -0.05) is 5.21 Å². The molecule has 1 amide bonds. The molecule has 0 aliphatic rings. The van der Waals surface area contributed by atoms with Crippen molar-refractivity contribution >= 4 is 27.8 Å². The monoisotopic (exact) mass is 339 g/mol. The van der Waals surface area contributed by atoms with Gasteiger partial charge in [0.05, 0.1) is 18.3 Å². The van der Waals surface area contributed by atoms with Crippen LogP contribution >= 0.6 is 15.9 Å². The van der Waals surface area contributed by atoms with Crippen molar-refractivity contribution < 1.29 is 14.7 Å². The summed E-state index contributed by atoms with van der Waals surface area (Å²) >= 11 is 3.23. The number of carboxylic acids is 1. The summed E-state index contributed by atoms with van der Waals surface area (Å²) in [6, 6.07) is 1.64. The molecule has 0 atom stereocenters. The summed E-state index contributed by atoms with van der Waals surface area (Å²) < 4.78 is 1.89. The minimum absolute atomic E-state index is 0.158. The minimum Gasteiger partial charge on any atom is -0.480 e. The molecular formula is C11H10BrN5O3. The summed E-state index contributed by atoms with van der Waals surface area (Å²) in [5.74, 6) is -1.31. The van der Waals surface area contributed by atoms with Crippen LogP contribution in [0.4, 0.5) is 0 Å². The number of pyridine rings is 1. The second-order valence-corrected chi connectivity index (χ2v) is 4.79. The maximum atomic E-state index is 11.8. The summed E-state index contributed by atoms with van der Waals surface area (Å²) in [5, 5.41) is 18.6. The molecule has 0 spiro atoms. The van der Waals surface area contributed by atoms with Crippen molar-refractivity contribution in [1.82, 2.24) is 25.3 Å². The van der Waals surface area contributed by atoms with Crippen molar-refractivity contribution in [2.24, 2.45) is 0 Å². The van der Waals surface area contributed by atoms with Crippen LogP contribution < -0.4 is 5.32 Å². The van der Waals surface area contributed by atoms with Gasteiger partial charge in [-0.05, 0) is 22.0 Å². The predicted octanol–water partition coefficient (Wildman–Crippen LogP) is 0.450. The number of hydrogen-bond acceptors (Lipinski definition) is 5. The summed E-state index contributed by atoms with van der Waals surface area (Å²) in [6.07, 6.45) is 4.49. The average molecular weight is 340 g/mol. The first-order valence-electron chi connectivity index (χ1n) is 5.54. The zero-order valence-corrected chi connectivity index (χ0v) is 11.7. The van der Waals surface area contributed by atoms with Crippen LogP contribution in [0.5, 0.6) is 0 Å². The maximum absolute atomic E-state index is 11.8. The Morgan fingerprint density at radius 1 is 1.40 bits per heavy atom. The van der Waals surface area contributed by atoms with Gasteiger partial charge in [-0.3, -0.25) is 14.6 Å². The lowest BCUT2D eigenvalue weighted by Crippen LogP contribution is -2.23. The highest BCUT2D eigenvalue weighted by Crippen LogP contribution is 2.09. The Bertz CT molecular complexity index is 642. The number of rotatable bonds is 5.